The average Bonchev–Trinajstić information content (AvgIpc) is 2.41. The van der Waals surface area contributed by atoms with Crippen molar-refractivity contribution < 1.29 is 4.74 Å². The zero-order valence-corrected chi connectivity index (χ0v) is 13.2. The van der Waals surface area contributed by atoms with E-state index in [1.54, 1.807) is 0 Å². The van der Waals surface area contributed by atoms with Gasteiger partial charge >= 0.3 is 0 Å². The molecule has 0 spiro atoms. The third-order valence-corrected chi connectivity index (χ3v) is 4.18. The second-order valence-corrected chi connectivity index (χ2v) is 5.30. The second-order valence-electron chi connectivity index (χ2n) is 5.30. The van der Waals surface area contributed by atoms with Crippen LogP contribution in [0.2, 0.25) is 0 Å². The highest BCUT2D eigenvalue weighted by molar-refractivity contribution is 5.38. The molecule has 0 heterocycles. The van der Waals surface area contributed by atoms with Gasteiger partial charge in [0.2, 0.25) is 0 Å². The molecule has 0 fully saturated rings. The maximum Gasteiger partial charge on any atom is 0.124 e. The Balaban J connectivity index is 3.23. The average molecular weight is 264 g/mol. The van der Waals surface area contributed by atoms with E-state index in [1.807, 2.05) is 20.0 Å². The maximum atomic E-state index is 5.78. The molecule has 0 aromatic heterocycles. The summed E-state index contributed by atoms with van der Waals surface area (Å²) in [5.74, 6) is 0.978. The molecule has 2 atom stereocenters. The van der Waals surface area contributed by atoms with Crippen LogP contribution in [-0.4, -0.2) is 38.2 Å². The minimum absolute atomic E-state index is 0.0436. The number of para-hydroxylation sites is 1. The standard InChI is InChI=1S/C16H28N2O/c1-7-16(3,18(5)6)15(17-4)13-11-9-10-12-14(13)19-8-2/h9-12,15,17H,7-8H2,1-6H3. The quantitative estimate of drug-likeness (QED) is 0.819. The van der Waals surface area contributed by atoms with Crippen molar-refractivity contribution in [2.45, 2.75) is 38.8 Å². The summed E-state index contributed by atoms with van der Waals surface area (Å²) in [6, 6.07) is 8.54. The molecule has 2 unspecified atom stereocenters. The van der Waals surface area contributed by atoms with Crippen LogP contribution in [0.4, 0.5) is 0 Å². The largest absolute Gasteiger partial charge is 0.494 e. The molecule has 0 saturated heterocycles. The van der Waals surface area contributed by atoms with E-state index < -0.39 is 0 Å². The van der Waals surface area contributed by atoms with Crippen molar-refractivity contribution in [2.75, 3.05) is 27.7 Å². The van der Waals surface area contributed by atoms with Gasteiger partial charge in [-0.3, -0.25) is 0 Å². The summed E-state index contributed by atoms with van der Waals surface area (Å²) >= 11 is 0. The van der Waals surface area contributed by atoms with Gasteiger partial charge in [0.15, 0.2) is 0 Å². The van der Waals surface area contributed by atoms with Crippen LogP contribution in [0.15, 0.2) is 24.3 Å². The number of hydrogen-bond acceptors (Lipinski definition) is 3. The van der Waals surface area contributed by atoms with Crippen LogP contribution >= 0.6 is 0 Å². The van der Waals surface area contributed by atoms with Crippen molar-refractivity contribution in [3.05, 3.63) is 29.8 Å². The molecular formula is C16H28N2O. The Kier molecular flexibility index (Phi) is 5.83. The molecule has 0 bridgehead atoms. The second kappa shape index (κ2) is 6.92. The zero-order valence-electron chi connectivity index (χ0n) is 13.2. The summed E-state index contributed by atoms with van der Waals surface area (Å²) in [5, 5.41) is 3.47. The van der Waals surface area contributed by atoms with Crippen molar-refractivity contribution >= 4 is 0 Å². The SMILES string of the molecule is CCOc1ccccc1C(NC)C(C)(CC)N(C)C. The molecule has 0 aliphatic carbocycles. The molecule has 1 aromatic rings. The lowest BCUT2D eigenvalue weighted by Gasteiger charge is -2.43. The summed E-state index contributed by atoms with van der Waals surface area (Å²) in [6.07, 6.45) is 1.06. The van der Waals surface area contributed by atoms with Gasteiger partial charge in [-0.05, 0) is 47.5 Å². The normalized spacial score (nSPS) is 16.2. The maximum absolute atomic E-state index is 5.78. The molecule has 3 heteroatoms. The van der Waals surface area contributed by atoms with Crippen LogP contribution in [0.3, 0.4) is 0 Å². The number of benzene rings is 1. The molecule has 1 N–H and O–H groups in total. The summed E-state index contributed by atoms with van der Waals surface area (Å²) in [5.41, 5.74) is 1.27. The molecular weight excluding hydrogens is 236 g/mol. The van der Waals surface area contributed by atoms with Gasteiger partial charge in [-0.1, -0.05) is 25.1 Å². The van der Waals surface area contributed by atoms with E-state index >= 15 is 0 Å². The highest BCUT2D eigenvalue weighted by atomic mass is 16.5. The third-order valence-electron chi connectivity index (χ3n) is 4.18. The number of nitrogens with one attached hydrogen (secondary N) is 1. The van der Waals surface area contributed by atoms with Crippen molar-refractivity contribution in [1.29, 1.82) is 0 Å². The molecule has 0 amide bonds. The van der Waals surface area contributed by atoms with Crippen molar-refractivity contribution in [2.24, 2.45) is 0 Å². The van der Waals surface area contributed by atoms with E-state index in [1.165, 1.54) is 5.56 Å². The number of rotatable bonds is 7. The predicted octanol–water partition coefficient (Wildman–Crippen LogP) is 3.08. The molecule has 19 heavy (non-hydrogen) atoms. The Morgan fingerprint density at radius 2 is 1.89 bits per heavy atom. The molecule has 3 nitrogen and oxygen atoms in total. The fraction of sp³-hybridized carbons (Fsp3) is 0.625. The van der Waals surface area contributed by atoms with Gasteiger partial charge in [0.05, 0.1) is 12.6 Å². The zero-order chi connectivity index (χ0) is 14.5. The van der Waals surface area contributed by atoms with E-state index in [2.05, 4.69) is 56.4 Å². The van der Waals surface area contributed by atoms with Gasteiger partial charge in [0.1, 0.15) is 5.75 Å². The van der Waals surface area contributed by atoms with Gasteiger partial charge < -0.3 is 15.0 Å². The molecule has 0 aliphatic rings. The molecule has 108 valence electrons. The number of hydrogen-bond donors (Lipinski definition) is 1. The van der Waals surface area contributed by atoms with Crippen molar-refractivity contribution in [3.63, 3.8) is 0 Å². The van der Waals surface area contributed by atoms with Gasteiger partial charge in [0, 0.05) is 11.1 Å². The highest BCUT2D eigenvalue weighted by Gasteiger charge is 2.36. The predicted molar refractivity (Wildman–Crippen MR) is 81.8 cm³/mol. The summed E-state index contributed by atoms with van der Waals surface area (Å²) in [4.78, 5) is 2.29. The fourth-order valence-corrected chi connectivity index (χ4v) is 2.59. The first kappa shape index (κ1) is 16.0. The number of nitrogens with zero attached hydrogens (tertiary/aromatic N) is 1. The number of likely N-dealkylation sites (N-methyl/N-ethyl adjacent to an activating group) is 2. The Labute approximate surface area is 118 Å². The lowest BCUT2D eigenvalue weighted by molar-refractivity contribution is 0.115. The topological polar surface area (TPSA) is 24.5 Å². The van der Waals surface area contributed by atoms with E-state index in [0.29, 0.717) is 6.61 Å². The van der Waals surface area contributed by atoms with Gasteiger partial charge in [-0.15, -0.1) is 0 Å². The van der Waals surface area contributed by atoms with Crippen LogP contribution in [0.5, 0.6) is 5.75 Å². The number of ether oxygens (including phenoxy) is 1. The molecule has 0 aliphatic heterocycles. The smallest absolute Gasteiger partial charge is 0.124 e. The van der Waals surface area contributed by atoms with Gasteiger partial charge in [-0.25, -0.2) is 0 Å². The minimum Gasteiger partial charge on any atom is -0.494 e. The van der Waals surface area contributed by atoms with Crippen LogP contribution in [0.25, 0.3) is 0 Å². The lowest BCUT2D eigenvalue weighted by atomic mass is 9.83. The van der Waals surface area contributed by atoms with Crippen LogP contribution in [0, 0.1) is 0 Å². The van der Waals surface area contributed by atoms with Crippen LogP contribution < -0.4 is 10.1 Å². The Hall–Kier alpha value is -1.06. The Morgan fingerprint density at radius 3 is 2.37 bits per heavy atom. The fourth-order valence-electron chi connectivity index (χ4n) is 2.59. The van der Waals surface area contributed by atoms with E-state index in [0.717, 1.165) is 12.2 Å². The minimum atomic E-state index is 0.0436. The Morgan fingerprint density at radius 1 is 1.26 bits per heavy atom. The molecule has 0 radical (unpaired) electrons. The van der Waals surface area contributed by atoms with Crippen molar-refractivity contribution in [3.8, 4) is 5.75 Å². The first-order valence-electron chi connectivity index (χ1n) is 7.07. The van der Waals surface area contributed by atoms with Crippen LogP contribution in [0.1, 0.15) is 38.8 Å². The first-order valence-corrected chi connectivity index (χ1v) is 7.07. The first-order chi connectivity index (χ1) is 9.01. The van der Waals surface area contributed by atoms with Crippen molar-refractivity contribution in [1.82, 2.24) is 10.2 Å². The molecule has 1 aromatic carbocycles. The Bertz CT molecular complexity index is 392. The summed E-state index contributed by atoms with van der Waals surface area (Å²) in [7, 11) is 6.29. The van der Waals surface area contributed by atoms with E-state index in [4.69, 9.17) is 4.74 Å². The third kappa shape index (κ3) is 3.28. The highest BCUT2D eigenvalue weighted by Crippen LogP contribution is 2.36. The molecule has 0 saturated carbocycles. The molecule has 1 rings (SSSR count). The van der Waals surface area contributed by atoms with E-state index in [9.17, 15) is 0 Å². The summed E-state index contributed by atoms with van der Waals surface area (Å²) < 4.78 is 5.78. The van der Waals surface area contributed by atoms with Crippen LogP contribution in [-0.2, 0) is 0 Å². The van der Waals surface area contributed by atoms with E-state index in [-0.39, 0.29) is 11.6 Å². The monoisotopic (exact) mass is 264 g/mol. The summed E-state index contributed by atoms with van der Waals surface area (Å²) in [6.45, 7) is 7.24. The van der Waals surface area contributed by atoms with Gasteiger partial charge in [-0.2, -0.15) is 0 Å². The van der Waals surface area contributed by atoms with Gasteiger partial charge in [0.25, 0.3) is 0 Å². The lowest BCUT2D eigenvalue weighted by Crippen LogP contribution is -2.50.